The molecule has 1 heterocycles. The normalized spacial score (nSPS) is 10.3. The highest BCUT2D eigenvalue weighted by Crippen LogP contribution is 2.28. The second-order valence-corrected chi connectivity index (χ2v) is 6.04. The van der Waals surface area contributed by atoms with Crippen LogP contribution in [0.25, 0.3) is 0 Å². The maximum atomic E-state index is 11.0. The number of carboxylic acid groups (broad SMARTS) is 1. The lowest BCUT2D eigenvalue weighted by Gasteiger charge is -2.03. The molecule has 0 amide bonds. The molecule has 0 aliphatic rings. The van der Waals surface area contributed by atoms with Crippen molar-refractivity contribution in [1.82, 2.24) is 9.97 Å². The third-order valence-electron chi connectivity index (χ3n) is 1.97. The van der Waals surface area contributed by atoms with Gasteiger partial charge in [-0.3, -0.25) is 0 Å². The van der Waals surface area contributed by atoms with E-state index in [-0.39, 0.29) is 5.56 Å². The van der Waals surface area contributed by atoms with Crippen LogP contribution in [0.5, 0.6) is 0 Å². The SMILES string of the molecule is O=C(O)c1cc(Sc2ncc(Br)cn2)ccc1Br. The predicted octanol–water partition coefficient (Wildman–Crippen LogP) is 3.85. The van der Waals surface area contributed by atoms with Gasteiger partial charge in [-0.25, -0.2) is 14.8 Å². The van der Waals surface area contributed by atoms with Gasteiger partial charge in [0.15, 0.2) is 5.16 Å². The molecule has 0 bridgehead atoms. The van der Waals surface area contributed by atoms with Crippen LogP contribution in [0.4, 0.5) is 0 Å². The Bertz CT molecular complexity index is 590. The molecule has 0 atom stereocenters. The van der Waals surface area contributed by atoms with Crippen molar-refractivity contribution in [2.45, 2.75) is 10.1 Å². The summed E-state index contributed by atoms with van der Waals surface area (Å²) in [4.78, 5) is 20.0. The Kier molecular flexibility index (Phi) is 4.36. The molecule has 0 radical (unpaired) electrons. The van der Waals surface area contributed by atoms with E-state index in [0.717, 1.165) is 9.37 Å². The Morgan fingerprint density at radius 3 is 2.50 bits per heavy atom. The molecule has 1 aromatic carbocycles. The van der Waals surface area contributed by atoms with Gasteiger partial charge in [0.2, 0.25) is 0 Å². The van der Waals surface area contributed by atoms with Crippen LogP contribution in [-0.2, 0) is 0 Å². The van der Waals surface area contributed by atoms with E-state index in [1.807, 2.05) is 6.07 Å². The number of rotatable bonds is 3. The van der Waals surface area contributed by atoms with Crippen LogP contribution in [-0.4, -0.2) is 21.0 Å². The van der Waals surface area contributed by atoms with Crippen LogP contribution < -0.4 is 0 Å². The maximum Gasteiger partial charge on any atom is 0.336 e. The topological polar surface area (TPSA) is 63.1 Å². The molecule has 1 aromatic heterocycles. The van der Waals surface area contributed by atoms with Crippen LogP contribution in [0.3, 0.4) is 0 Å². The minimum atomic E-state index is -0.971. The number of aromatic nitrogens is 2. The molecule has 0 saturated heterocycles. The standard InChI is InChI=1S/C11H6Br2N2O2S/c12-6-4-14-11(15-5-6)18-7-1-2-9(13)8(3-7)10(16)17/h1-5H,(H,16,17). The third kappa shape index (κ3) is 3.30. The summed E-state index contributed by atoms with van der Waals surface area (Å²) < 4.78 is 1.35. The molecular formula is C11H6Br2N2O2S. The highest BCUT2D eigenvalue weighted by atomic mass is 79.9. The van der Waals surface area contributed by atoms with Crippen molar-refractivity contribution in [2.24, 2.45) is 0 Å². The molecule has 2 rings (SSSR count). The average molecular weight is 390 g/mol. The van der Waals surface area contributed by atoms with Crippen molar-refractivity contribution >= 4 is 49.6 Å². The number of halogens is 2. The van der Waals surface area contributed by atoms with Gasteiger partial charge in [0.1, 0.15) is 0 Å². The van der Waals surface area contributed by atoms with Crippen molar-refractivity contribution in [2.75, 3.05) is 0 Å². The van der Waals surface area contributed by atoms with E-state index in [4.69, 9.17) is 5.11 Å². The molecule has 4 nitrogen and oxygen atoms in total. The monoisotopic (exact) mass is 388 g/mol. The average Bonchev–Trinajstić information content (AvgIpc) is 2.34. The molecular weight excluding hydrogens is 384 g/mol. The van der Waals surface area contributed by atoms with Gasteiger partial charge in [0, 0.05) is 21.8 Å². The van der Waals surface area contributed by atoms with E-state index in [1.54, 1.807) is 24.5 Å². The van der Waals surface area contributed by atoms with Crippen molar-refractivity contribution < 1.29 is 9.90 Å². The van der Waals surface area contributed by atoms with E-state index in [9.17, 15) is 4.79 Å². The second-order valence-electron chi connectivity index (χ2n) is 3.23. The summed E-state index contributed by atoms with van der Waals surface area (Å²) in [6.45, 7) is 0. The lowest BCUT2D eigenvalue weighted by molar-refractivity contribution is 0.0695. The Hall–Kier alpha value is -0.920. The minimum Gasteiger partial charge on any atom is -0.478 e. The number of nitrogens with zero attached hydrogens (tertiary/aromatic N) is 2. The summed E-state index contributed by atoms with van der Waals surface area (Å²) in [5, 5.41) is 9.58. The summed E-state index contributed by atoms with van der Waals surface area (Å²) in [6, 6.07) is 5.10. The van der Waals surface area contributed by atoms with Crippen molar-refractivity contribution in [1.29, 1.82) is 0 Å². The fraction of sp³-hybridized carbons (Fsp3) is 0. The van der Waals surface area contributed by atoms with Gasteiger partial charge in [-0.2, -0.15) is 0 Å². The number of carbonyl (C=O) groups is 1. The summed E-state index contributed by atoms with van der Waals surface area (Å²) in [7, 11) is 0. The molecule has 2 aromatic rings. The molecule has 92 valence electrons. The molecule has 0 saturated carbocycles. The highest BCUT2D eigenvalue weighted by Gasteiger charge is 2.10. The van der Waals surface area contributed by atoms with E-state index in [0.29, 0.717) is 9.63 Å². The summed E-state index contributed by atoms with van der Waals surface area (Å²) in [6.07, 6.45) is 3.29. The summed E-state index contributed by atoms with van der Waals surface area (Å²) in [5.74, 6) is -0.971. The largest absolute Gasteiger partial charge is 0.478 e. The molecule has 0 aliphatic heterocycles. The maximum absolute atomic E-state index is 11.0. The number of hydrogen-bond donors (Lipinski definition) is 1. The molecule has 0 spiro atoms. The quantitative estimate of drug-likeness (QED) is 0.807. The number of hydrogen-bond acceptors (Lipinski definition) is 4. The van der Waals surface area contributed by atoms with E-state index >= 15 is 0 Å². The van der Waals surface area contributed by atoms with E-state index < -0.39 is 5.97 Å². The number of benzene rings is 1. The van der Waals surface area contributed by atoms with Crippen LogP contribution in [0.1, 0.15) is 10.4 Å². The van der Waals surface area contributed by atoms with Gasteiger partial charge >= 0.3 is 5.97 Å². The van der Waals surface area contributed by atoms with Crippen LogP contribution in [0.2, 0.25) is 0 Å². The van der Waals surface area contributed by atoms with Crippen molar-refractivity contribution in [3.05, 3.63) is 45.1 Å². The predicted molar refractivity (Wildman–Crippen MR) is 75.0 cm³/mol. The lowest BCUT2D eigenvalue weighted by Crippen LogP contribution is -1.97. The molecule has 7 heteroatoms. The number of carboxylic acids is 1. The zero-order chi connectivity index (χ0) is 13.1. The fourth-order valence-corrected chi connectivity index (χ4v) is 2.55. The summed E-state index contributed by atoms with van der Waals surface area (Å²) >= 11 is 7.76. The fourth-order valence-electron chi connectivity index (χ4n) is 1.19. The third-order valence-corrected chi connectivity index (χ3v) is 3.96. The molecule has 0 aliphatic carbocycles. The van der Waals surface area contributed by atoms with Gasteiger partial charge in [-0.1, -0.05) is 0 Å². The Morgan fingerprint density at radius 1 is 1.22 bits per heavy atom. The zero-order valence-electron chi connectivity index (χ0n) is 8.80. The van der Waals surface area contributed by atoms with Crippen LogP contribution >= 0.6 is 43.6 Å². The van der Waals surface area contributed by atoms with Gasteiger partial charge in [0.05, 0.1) is 10.0 Å². The van der Waals surface area contributed by atoms with Crippen molar-refractivity contribution in [3.8, 4) is 0 Å². The first kappa shape index (κ1) is 13.5. The second kappa shape index (κ2) is 5.81. The van der Waals surface area contributed by atoms with Gasteiger partial charge in [-0.15, -0.1) is 0 Å². The molecule has 0 fully saturated rings. The first-order valence-corrected chi connectivity index (χ1v) is 7.15. The smallest absolute Gasteiger partial charge is 0.336 e. The Balaban J connectivity index is 2.27. The molecule has 0 unspecified atom stereocenters. The zero-order valence-corrected chi connectivity index (χ0v) is 12.8. The lowest BCUT2D eigenvalue weighted by atomic mass is 10.2. The van der Waals surface area contributed by atoms with Gasteiger partial charge < -0.3 is 5.11 Å². The van der Waals surface area contributed by atoms with E-state index in [1.165, 1.54) is 11.8 Å². The van der Waals surface area contributed by atoms with Gasteiger partial charge in [-0.05, 0) is 61.8 Å². The molecule has 18 heavy (non-hydrogen) atoms. The Labute approximate surface area is 124 Å². The van der Waals surface area contributed by atoms with Crippen LogP contribution in [0.15, 0.2) is 49.6 Å². The van der Waals surface area contributed by atoms with E-state index in [2.05, 4.69) is 41.8 Å². The van der Waals surface area contributed by atoms with Gasteiger partial charge in [0.25, 0.3) is 0 Å². The van der Waals surface area contributed by atoms with Crippen LogP contribution in [0, 0.1) is 0 Å². The number of aromatic carboxylic acids is 1. The highest BCUT2D eigenvalue weighted by molar-refractivity contribution is 9.10. The first-order chi connectivity index (χ1) is 8.56. The molecule has 1 N–H and O–H groups in total. The minimum absolute atomic E-state index is 0.220. The Morgan fingerprint density at radius 2 is 1.89 bits per heavy atom. The van der Waals surface area contributed by atoms with Crippen molar-refractivity contribution in [3.63, 3.8) is 0 Å². The first-order valence-electron chi connectivity index (χ1n) is 4.74. The summed E-state index contributed by atoms with van der Waals surface area (Å²) in [5.41, 5.74) is 0.220.